The summed E-state index contributed by atoms with van der Waals surface area (Å²) in [7, 11) is 1.61. The minimum atomic E-state index is -0.232. The molecule has 31 heavy (non-hydrogen) atoms. The average molecular weight is 412 g/mol. The number of H-pyrrole nitrogens is 2. The van der Waals surface area contributed by atoms with Crippen LogP contribution in [-0.4, -0.2) is 33.7 Å². The highest BCUT2D eigenvalue weighted by atomic mass is 16.5. The van der Waals surface area contributed by atoms with Crippen molar-refractivity contribution in [2.75, 3.05) is 7.11 Å². The van der Waals surface area contributed by atoms with Gasteiger partial charge in [-0.15, -0.1) is 0 Å². The van der Waals surface area contributed by atoms with Crippen LogP contribution in [0.3, 0.4) is 0 Å². The van der Waals surface area contributed by atoms with Crippen molar-refractivity contribution in [3.63, 3.8) is 0 Å². The number of aromatic nitrogens is 3. The Hall–Kier alpha value is -4.13. The first-order valence-electron chi connectivity index (χ1n) is 9.84. The van der Waals surface area contributed by atoms with Crippen molar-refractivity contribution in [2.45, 2.75) is 13.8 Å². The van der Waals surface area contributed by atoms with Crippen LogP contribution in [0, 0.1) is 13.8 Å². The van der Waals surface area contributed by atoms with Gasteiger partial charge in [-0.05, 0) is 37.6 Å². The van der Waals surface area contributed by atoms with E-state index in [1.165, 1.54) is 6.26 Å². The minimum Gasteiger partial charge on any atom is -0.494 e. The van der Waals surface area contributed by atoms with Gasteiger partial charge >= 0.3 is 0 Å². The number of rotatable bonds is 5. The number of aliphatic imine (C=N–C) groups is 1. The number of allylic oxidation sites excluding steroid dienone is 1. The molecular formula is C24H20N4O3. The number of aryl methyl sites for hydroxylation is 2. The molecule has 0 aliphatic carbocycles. The monoisotopic (exact) mass is 412 g/mol. The Morgan fingerprint density at radius 2 is 2.00 bits per heavy atom. The van der Waals surface area contributed by atoms with Gasteiger partial charge in [-0.2, -0.15) is 0 Å². The molecule has 7 heteroatoms. The molecule has 1 aliphatic rings. The van der Waals surface area contributed by atoms with Crippen LogP contribution in [-0.2, 0) is 4.74 Å². The summed E-state index contributed by atoms with van der Waals surface area (Å²) < 4.78 is 10.5. The number of carbonyl (C=O) groups is 1. The number of ketones is 1. The first kappa shape index (κ1) is 18.9. The van der Waals surface area contributed by atoms with E-state index in [-0.39, 0.29) is 11.5 Å². The molecule has 4 aromatic rings. The summed E-state index contributed by atoms with van der Waals surface area (Å²) in [5.41, 5.74) is 6.67. The summed E-state index contributed by atoms with van der Waals surface area (Å²) >= 11 is 0. The number of nitrogens with zero attached hydrogens (tertiary/aromatic N) is 2. The molecule has 7 nitrogen and oxygen atoms in total. The van der Waals surface area contributed by atoms with E-state index in [9.17, 15) is 4.79 Å². The number of hydrogen-bond donors (Lipinski definition) is 2. The molecule has 5 rings (SSSR count). The van der Waals surface area contributed by atoms with Crippen LogP contribution in [0.1, 0.15) is 38.7 Å². The molecule has 4 heterocycles. The lowest BCUT2D eigenvalue weighted by molar-refractivity contribution is 0.103. The standard InChI is InChI=1S/C24H20N4O3/c1-13-10-14(2)25-18(13)11-19-21(30-3)12-20(26-19)23-22(24(29)17-8-9-31-28-17)15-6-4-5-7-16(15)27-23/h4-12,25,27H,1-3H3. The maximum Gasteiger partial charge on any atom is 0.217 e. The predicted octanol–water partition coefficient (Wildman–Crippen LogP) is 4.71. The highest BCUT2D eigenvalue weighted by molar-refractivity contribution is 6.25. The molecule has 3 aromatic heterocycles. The summed E-state index contributed by atoms with van der Waals surface area (Å²) in [5.74, 6) is 0.393. The summed E-state index contributed by atoms with van der Waals surface area (Å²) in [5, 5.41) is 4.63. The lowest BCUT2D eigenvalue weighted by Gasteiger charge is -2.01. The van der Waals surface area contributed by atoms with E-state index in [1.54, 1.807) is 13.2 Å². The van der Waals surface area contributed by atoms with Gasteiger partial charge in [0.05, 0.1) is 24.1 Å². The molecule has 0 atom stereocenters. The molecule has 154 valence electrons. The van der Waals surface area contributed by atoms with Crippen molar-refractivity contribution in [1.29, 1.82) is 0 Å². The van der Waals surface area contributed by atoms with Gasteiger partial charge in [0.15, 0.2) is 5.69 Å². The first-order valence-corrected chi connectivity index (χ1v) is 9.84. The Morgan fingerprint density at radius 1 is 1.16 bits per heavy atom. The van der Waals surface area contributed by atoms with E-state index in [4.69, 9.17) is 14.3 Å². The number of nitrogens with one attached hydrogen (secondary N) is 2. The summed E-state index contributed by atoms with van der Waals surface area (Å²) in [4.78, 5) is 24.7. The molecule has 0 unspecified atom stereocenters. The van der Waals surface area contributed by atoms with Crippen LogP contribution in [0.5, 0.6) is 0 Å². The molecule has 1 aliphatic heterocycles. The maximum atomic E-state index is 13.3. The number of methoxy groups -OCH3 is 1. The maximum absolute atomic E-state index is 13.3. The van der Waals surface area contributed by atoms with Crippen molar-refractivity contribution >= 4 is 28.5 Å². The molecule has 0 radical (unpaired) electrons. The Labute approximate surface area is 178 Å². The van der Waals surface area contributed by atoms with Crippen molar-refractivity contribution in [1.82, 2.24) is 15.1 Å². The molecule has 0 saturated carbocycles. The molecule has 2 N–H and O–H groups in total. The van der Waals surface area contributed by atoms with Crippen LogP contribution < -0.4 is 0 Å². The Kier molecular flexibility index (Phi) is 4.43. The number of carbonyl (C=O) groups excluding carboxylic acids is 1. The molecule has 0 saturated heterocycles. The molecule has 1 aromatic carbocycles. The van der Waals surface area contributed by atoms with Crippen LogP contribution >= 0.6 is 0 Å². The summed E-state index contributed by atoms with van der Waals surface area (Å²) in [6.07, 6.45) is 5.17. The van der Waals surface area contributed by atoms with Gasteiger partial charge in [-0.3, -0.25) is 4.79 Å². The van der Waals surface area contributed by atoms with Gasteiger partial charge in [0.1, 0.15) is 17.7 Å². The Bertz CT molecular complexity index is 1400. The number of ether oxygens (including phenoxy) is 1. The fraction of sp³-hybridized carbons (Fsp3) is 0.125. The number of fused-ring (bicyclic) bond motifs is 1. The largest absolute Gasteiger partial charge is 0.494 e. The smallest absolute Gasteiger partial charge is 0.217 e. The number of hydrogen-bond acceptors (Lipinski definition) is 5. The van der Waals surface area contributed by atoms with Gasteiger partial charge in [-0.1, -0.05) is 23.4 Å². The minimum absolute atomic E-state index is 0.232. The first-order chi connectivity index (χ1) is 15.0. The molecule has 0 bridgehead atoms. The zero-order valence-electron chi connectivity index (χ0n) is 17.3. The highest BCUT2D eigenvalue weighted by Gasteiger charge is 2.27. The van der Waals surface area contributed by atoms with E-state index in [1.807, 2.05) is 50.3 Å². The lowest BCUT2D eigenvalue weighted by atomic mass is 10.0. The SMILES string of the molecule is COC1=CC(c2[nH]c3ccccc3c2C(=O)c2ccon2)=NC1=Cc1[nH]c(C)cc1C. The average Bonchev–Trinajstić information content (AvgIpc) is 3.53. The number of aromatic amines is 2. The third-order valence-corrected chi connectivity index (χ3v) is 5.31. The molecule has 0 fully saturated rings. The molecule has 0 amide bonds. The third-order valence-electron chi connectivity index (χ3n) is 5.31. The number of benzene rings is 1. The second-order valence-corrected chi connectivity index (χ2v) is 7.42. The van der Waals surface area contributed by atoms with E-state index >= 15 is 0 Å². The second-order valence-electron chi connectivity index (χ2n) is 7.42. The van der Waals surface area contributed by atoms with Crippen LogP contribution in [0.2, 0.25) is 0 Å². The fourth-order valence-electron chi connectivity index (χ4n) is 3.87. The predicted molar refractivity (Wildman–Crippen MR) is 118 cm³/mol. The van der Waals surface area contributed by atoms with Crippen molar-refractivity contribution in [2.24, 2.45) is 4.99 Å². The van der Waals surface area contributed by atoms with Gasteiger partial charge in [0, 0.05) is 34.4 Å². The van der Waals surface area contributed by atoms with Gasteiger partial charge in [0.25, 0.3) is 0 Å². The van der Waals surface area contributed by atoms with E-state index in [2.05, 4.69) is 21.2 Å². The Morgan fingerprint density at radius 3 is 2.71 bits per heavy atom. The van der Waals surface area contributed by atoms with E-state index in [0.717, 1.165) is 27.9 Å². The van der Waals surface area contributed by atoms with Crippen LogP contribution in [0.15, 0.2) is 69.7 Å². The third kappa shape index (κ3) is 3.20. The van der Waals surface area contributed by atoms with Crippen molar-refractivity contribution in [3.05, 3.63) is 94.1 Å². The fourth-order valence-corrected chi connectivity index (χ4v) is 3.87. The van der Waals surface area contributed by atoms with E-state index in [0.29, 0.717) is 28.4 Å². The second kappa shape index (κ2) is 7.28. The van der Waals surface area contributed by atoms with Gasteiger partial charge in [0.2, 0.25) is 5.78 Å². The van der Waals surface area contributed by atoms with Crippen LogP contribution in [0.4, 0.5) is 0 Å². The van der Waals surface area contributed by atoms with Crippen molar-refractivity contribution in [3.8, 4) is 0 Å². The summed E-state index contributed by atoms with van der Waals surface area (Å²) in [6.45, 7) is 4.05. The number of para-hydroxylation sites is 1. The zero-order valence-corrected chi connectivity index (χ0v) is 17.3. The quantitative estimate of drug-likeness (QED) is 0.464. The van der Waals surface area contributed by atoms with Crippen molar-refractivity contribution < 1.29 is 14.1 Å². The highest BCUT2D eigenvalue weighted by Crippen LogP contribution is 2.31. The topological polar surface area (TPSA) is 96.3 Å². The molecule has 0 spiro atoms. The molecular weight excluding hydrogens is 392 g/mol. The normalized spacial score (nSPS) is 14.9. The summed E-state index contributed by atoms with van der Waals surface area (Å²) in [6, 6.07) is 11.3. The van der Waals surface area contributed by atoms with Gasteiger partial charge in [-0.25, -0.2) is 4.99 Å². The zero-order chi connectivity index (χ0) is 21.5. The van der Waals surface area contributed by atoms with E-state index < -0.39 is 0 Å². The van der Waals surface area contributed by atoms with Gasteiger partial charge < -0.3 is 19.2 Å². The Balaban J connectivity index is 1.67. The van der Waals surface area contributed by atoms with Crippen LogP contribution in [0.25, 0.3) is 17.0 Å². The lowest BCUT2D eigenvalue weighted by Crippen LogP contribution is -2.08.